The molecule has 0 atom stereocenters. The normalized spacial score (nSPS) is 11.4. The molecule has 0 fully saturated rings. The van der Waals surface area contributed by atoms with Gasteiger partial charge >= 0.3 is 5.69 Å². The van der Waals surface area contributed by atoms with Crippen LogP contribution in [0.2, 0.25) is 5.02 Å². The number of aromatic amines is 2. The maximum absolute atomic E-state index is 13.1. The summed E-state index contributed by atoms with van der Waals surface area (Å²) in [6.07, 6.45) is 0. The molecule has 0 saturated heterocycles. The van der Waals surface area contributed by atoms with Crippen LogP contribution >= 0.6 is 11.6 Å². The van der Waals surface area contributed by atoms with Gasteiger partial charge in [0.25, 0.3) is 15.9 Å². The molecule has 1 aromatic heterocycles. The molecule has 0 saturated carbocycles. The van der Waals surface area contributed by atoms with Crippen molar-refractivity contribution < 1.29 is 17.6 Å². The number of aromatic nitrogens is 2. The molecule has 8 nitrogen and oxygen atoms in total. The van der Waals surface area contributed by atoms with Crippen LogP contribution in [0.1, 0.15) is 10.4 Å². The third kappa shape index (κ3) is 4.44. The molecule has 0 aliphatic rings. The summed E-state index contributed by atoms with van der Waals surface area (Å²) in [5.41, 5.74) is 1.30. The third-order valence-electron chi connectivity index (χ3n) is 4.37. The summed E-state index contributed by atoms with van der Waals surface area (Å²) in [5.74, 6) is -1.09. The van der Waals surface area contributed by atoms with Gasteiger partial charge in [-0.05, 0) is 60.7 Å². The summed E-state index contributed by atoms with van der Waals surface area (Å²) in [6.45, 7) is 0. The number of amides is 1. The number of anilines is 2. The van der Waals surface area contributed by atoms with E-state index in [-0.39, 0.29) is 26.9 Å². The predicted octanol–water partition coefficient (Wildman–Crippen LogP) is 3.70. The molecule has 3 aromatic carbocycles. The number of halogens is 2. The van der Waals surface area contributed by atoms with E-state index in [0.29, 0.717) is 16.7 Å². The average molecular weight is 461 g/mol. The van der Waals surface area contributed by atoms with Gasteiger partial charge in [-0.3, -0.25) is 9.52 Å². The van der Waals surface area contributed by atoms with Crippen LogP contribution in [-0.4, -0.2) is 24.3 Å². The Morgan fingerprint density at radius 3 is 2.39 bits per heavy atom. The number of sulfonamides is 1. The largest absolute Gasteiger partial charge is 0.323 e. The first-order chi connectivity index (χ1) is 14.7. The fourth-order valence-corrected chi connectivity index (χ4v) is 4.17. The summed E-state index contributed by atoms with van der Waals surface area (Å²) in [4.78, 5) is 29.0. The molecule has 4 aromatic rings. The second-order valence-corrected chi connectivity index (χ2v) is 8.64. The molecule has 0 radical (unpaired) electrons. The van der Waals surface area contributed by atoms with Crippen molar-refractivity contribution >= 4 is 49.9 Å². The summed E-state index contributed by atoms with van der Waals surface area (Å²) < 4.78 is 40.5. The van der Waals surface area contributed by atoms with Gasteiger partial charge < -0.3 is 15.3 Å². The Kier molecular flexibility index (Phi) is 5.25. The Morgan fingerprint density at radius 2 is 1.65 bits per heavy atom. The van der Waals surface area contributed by atoms with E-state index in [9.17, 15) is 22.4 Å². The van der Waals surface area contributed by atoms with Crippen LogP contribution in [0.3, 0.4) is 0 Å². The highest BCUT2D eigenvalue weighted by Gasteiger charge is 2.17. The number of carbonyl (C=O) groups is 1. The number of carbonyl (C=O) groups excluding carboxylic acids is 1. The number of nitrogens with one attached hydrogen (secondary N) is 4. The van der Waals surface area contributed by atoms with Gasteiger partial charge in [-0.2, -0.15) is 0 Å². The summed E-state index contributed by atoms with van der Waals surface area (Å²) in [5, 5.41) is 2.75. The van der Waals surface area contributed by atoms with Gasteiger partial charge in [0.1, 0.15) is 5.82 Å². The zero-order valence-corrected chi connectivity index (χ0v) is 17.1. The molecule has 0 spiro atoms. The Bertz CT molecular complexity index is 1460. The highest BCUT2D eigenvalue weighted by molar-refractivity contribution is 7.92. The van der Waals surface area contributed by atoms with Crippen LogP contribution in [0, 0.1) is 5.82 Å². The zero-order chi connectivity index (χ0) is 22.2. The maximum atomic E-state index is 13.1. The lowest BCUT2D eigenvalue weighted by Gasteiger charge is -2.12. The molecule has 0 aliphatic heterocycles. The molecule has 4 N–H and O–H groups in total. The maximum Gasteiger partial charge on any atom is 0.323 e. The number of fused-ring (bicyclic) bond motifs is 1. The summed E-state index contributed by atoms with van der Waals surface area (Å²) in [6, 6.07) is 13.2. The van der Waals surface area contributed by atoms with E-state index >= 15 is 0 Å². The first kappa shape index (κ1) is 20.6. The van der Waals surface area contributed by atoms with Crippen molar-refractivity contribution in [2.75, 3.05) is 10.0 Å². The molecule has 0 aliphatic carbocycles. The van der Waals surface area contributed by atoms with Gasteiger partial charge in [-0.15, -0.1) is 0 Å². The van der Waals surface area contributed by atoms with Crippen LogP contribution in [0.4, 0.5) is 15.8 Å². The minimum absolute atomic E-state index is 0.0101. The quantitative estimate of drug-likeness (QED) is 0.362. The minimum atomic E-state index is -4.05. The fraction of sp³-hybridized carbons (Fsp3) is 0. The smallest absolute Gasteiger partial charge is 0.322 e. The number of rotatable bonds is 5. The fourth-order valence-electron chi connectivity index (χ4n) is 2.88. The molecule has 1 heterocycles. The van der Waals surface area contributed by atoms with Crippen molar-refractivity contribution in [3.8, 4) is 0 Å². The number of benzene rings is 3. The molecular formula is C20H14ClFN4O4S. The number of hydrogen-bond donors (Lipinski definition) is 4. The van der Waals surface area contributed by atoms with E-state index in [1.807, 2.05) is 0 Å². The second kappa shape index (κ2) is 7.89. The molecular weight excluding hydrogens is 447 g/mol. The summed E-state index contributed by atoms with van der Waals surface area (Å²) >= 11 is 6.09. The van der Waals surface area contributed by atoms with Gasteiger partial charge in [0, 0.05) is 11.3 Å². The van der Waals surface area contributed by atoms with Crippen LogP contribution in [0.5, 0.6) is 0 Å². The molecule has 1 amide bonds. The first-order valence-corrected chi connectivity index (χ1v) is 10.7. The third-order valence-corrected chi connectivity index (χ3v) is 6.08. The lowest BCUT2D eigenvalue weighted by Crippen LogP contribution is -2.15. The van der Waals surface area contributed by atoms with E-state index in [2.05, 4.69) is 20.0 Å². The van der Waals surface area contributed by atoms with E-state index in [4.69, 9.17) is 11.6 Å². The van der Waals surface area contributed by atoms with Crippen LogP contribution in [-0.2, 0) is 10.0 Å². The Hall–Kier alpha value is -3.63. The second-order valence-electron chi connectivity index (χ2n) is 6.55. The van der Waals surface area contributed by atoms with Crippen molar-refractivity contribution in [2.45, 2.75) is 4.90 Å². The van der Waals surface area contributed by atoms with Crippen LogP contribution < -0.4 is 15.7 Å². The standard InChI is InChI=1S/C20H14ClFN4O4S/c21-15-7-1-11(9-17(15)26-31(29,30)14-5-2-12(22)3-6-14)19(27)23-13-4-8-16-18(10-13)25-20(28)24-16/h1-10,26H,(H,23,27)(H2,24,25,28). The Balaban J connectivity index is 1.58. The monoisotopic (exact) mass is 460 g/mol. The van der Waals surface area contributed by atoms with Crippen molar-refractivity contribution in [2.24, 2.45) is 0 Å². The lowest BCUT2D eigenvalue weighted by atomic mass is 10.2. The zero-order valence-electron chi connectivity index (χ0n) is 15.6. The molecule has 0 bridgehead atoms. The first-order valence-electron chi connectivity index (χ1n) is 8.83. The van der Waals surface area contributed by atoms with Crippen molar-refractivity contribution in [1.29, 1.82) is 0 Å². The molecule has 11 heteroatoms. The minimum Gasteiger partial charge on any atom is -0.322 e. The molecule has 4 rings (SSSR count). The van der Waals surface area contributed by atoms with Crippen molar-refractivity contribution in [3.05, 3.63) is 87.6 Å². The van der Waals surface area contributed by atoms with E-state index < -0.39 is 21.7 Å². The van der Waals surface area contributed by atoms with Gasteiger partial charge in [-0.25, -0.2) is 17.6 Å². The highest BCUT2D eigenvalue weighted by Crippen LogP contribution is 2.27. The number of hydrogen-bond acceptors (Lipinski definition) is 4. The van der Waals surface area contributed by atoms with Gasteiger partial charge in [0.05, 0.1) is 26.6 Å². The van der Waals surface area contributed by atoms with E-state index in [1.54, 1.807) is 18.2 Å². The topological polar surface area (TPSA) is 124 Å². The molecule has 0 unspecified atom stereocenters. The molecule has 158 valence electrons. The van der Waals surface area contributed by atoms with Crippen LogP contribution in [0.25, 0.3) is 11.0 Å². The molecule has 31 heavy (non-hydrogen) atoms. The van der Waals surface area contributed by atoms with E-state index in [1.165, 1.54) is 18.2 Å². The number of imidazole rings is 1. The Morgan fingerprint density at radius 1 is 0.935 bits per heavy atom. The SMILES string of the molecule is O=C(Nc1ccc2[nH]c(=O)[nH]c2c1)c1ccc(Cl)c(NS(=O)(=O)c2ccc(F)cc2)c1. The average Bonchev–Trinajstić information content (AvgIpc) is 3.09. The lowest BCUT2D eigenvalue weighted by molar-refractivity contribution is 0.102. The van der Waals surface area contributed by atoms with Gasteiger partial charge in [-0.1, -0.05) is 11.6 Å². The Labute approximate surface area is 180 Å². The van der Waals surface area contributed by atoms with Gasteiger partial charge in [0.2, 0.25) is 0 Å². The van der Waals surface area contributed by atoms with E-state index in [0.717, 1.165) is 24.3 Å². The van der Waals surface area contributed by atoms with Gasteiger partial charge in [0.15, 0.2) is 0 Å². The van der Waals surface area contributed by atoms with Crippen molar-refractivity contribution in [3.63, 3.8) is 0 Å². The highest BCUT2D eigenvalue weighted by atomic mass is 35.5. The van der Waals surface area contributed by atoms with Crippen molar-refractivity contribution in [1.82, 2.24) is 9.97 Å². The van der Waals surface area contributed by atoms with Crippen LogP contribution in [0.15, 0.2) is 70.4 Å². The number of H-pyrrole nitrogens is 2. The predicted molar refractivity (Wildman–Crippen MR) is 116 cm³/mol. The summed E-state index contributed by atoms with van der Waals surface area (Å²) in [7, 11) is -4.05.